The fourth-order valence-electron chi connectivity index (χ4n) is 3.81. The van der Waals surface area contributed by atoms with Crippen LogP contribution >= 0.6 is 11.8 Å². The highest BCUT2D eigenvalue weighted by atomic mass is 32.2. The number of amides is 1. The summed E-state index contributed by atoms with van der Waals surface area (Å²) >= 11 is 1.50. The molecule has 0 radical (unpaired) electrons. The molecule has 3 aliphatic rings. The number of nitrogens with zero attached hydrogens (tertiary/aromatic N) is 1. The monoisotopic (exact) mass is 372 g/mol. The molecule has 2 heterocycles. The van der Waals surface area contributed by atoms with Crippen molar-refractivity contribution in [2.45, 2.75) is 31.4 Å². The predicted octanol–water partition coefficient (Wildman–Crippen LogP) is 3.55. The number of rotatable bonds is 2. The molecule has 6 heteroatoms. The minimum atomic E-state index is -0.782. The molecular weight excluding hydrogens is 351 g/mol. The quantitative estimate of drug-likeness (QED) is 0.864. The van der Waals surface area contributed by atoms with Crippen LogP contribution in [0.4, 0.5) is 4.39 Å². The van der Waals surface area contributed by atoms with Crippen LogP contribution in [0.1, 0.15) is 25.3 Å². The Kier molecular flexibility index (Phi) is 4.71. The second-order valence-electron chi connectivity index (χ2n) is 6.85. The van der Waals surface area contributed by atoms with Gasteiger partial charge in [0.05, 0.1) is 12.7 Å². The first-order chi connectivity index (χ1) is 12.6. The van der Waals surface area contributed by atoms with E-state index in [0.29, 0.717) is 22.9 Å². The number of benzene rings is 1. The molecule has 0 spiro atoms. The third-order valence-electron chi connectivity index (χ3n) is 5.26. The Labute approximate surface area is 156 Å². The van der Waals surface area contributed by atoms with Crippen LogP contribution in [0.25, 0.3) is 0 Å². The summed E-state index contributed by atoms with van der Waals surface area (Å²) in [4.78, 5) is 17.3. The number of carbonyl (C=O) groups excluding carboxylic acids is 1. The van der Waals surface area contributed by atoms with Gasteiger partial charge in [-0.3, -0.25) is 4.79 Å². The summed E-state index contributed by atoms with van der Waals surface area (Å²) in [6.07, 6.45) is 7.58. The second-order valence-corrected chi connectivity index (χ2v) is 7.86. The van der Waals surface area contributed by atoms with Gasteiger partial charge < -0.3 is 10.1 Å². The zero-order valence-corrected chi connectivity index (χ0v) is 15.4. The summed E-state index contributed by atoms with van der Waals surface area (Å²) in [6.45, 7) is 2.33. The van der Waals surface area contributed by atoms with Gasteiger partial charge in [-0.2, -0.15) is 0 Å². The topological polar surface area (TPSA) is 50.7 Å². The van der Waals surface area contributed by atoms with Gasteiger partial charge in [0.1, 0.15) is 11.4 Å². The highest BCUT2D eigenvalue weighted by Crippen LogP contribution is 2.48. The molecule has 1 amide bonds. The summed E-state index contributed by atoms with van der Waals surface area (Å²) in [7, 11) is 0. The number of thioether (sulfide) groups is 1. The summed E-state index contributed by atoms with van der Waals surface area (Å²) in [5.74, 6) is 0.346. The first kappa shape index (κ1) is 17.5. The number of ether oxygens (including phenoxy) is 1. The van der Waals surface area contributed by atoms with Crippen molar-refractivity contribution >= 4 is 22.8 Å². The maximum Gasteiger partial charge on any atom is 0.256 e. The molecule has 4 nitrogen and oxygen atoms in total. The lowest BCUT2D eigenvalue weighted by Crippen LogP contribution is -2.44. The molecule has 26 heavy (non-hydrogen) atoms. The Balaban J connectivity index is 1.67. The number of allylic oxidation sites excluding steroid dienone is 2. The first-order valence-corrected chi connectivity index (χ1v) is 9.86. The van der Waals surface area contributed by atoms with E-state index in [1.807, 2.05) is 31.2 Å². The number of carbonyl (C=O) groups is 1. The third-order valence-corrected chi connectivity index (χ3v) is 6.26. The van der Waals surface area contributed by atoms with E-state index in [4.69, 9.17) is 9.73 Å². The molecule has 136 valence electrons. The van der Waals surface area contributed by atoms with Gasteiger partial charge in [0.2, 0.25) is 0 Å². The summed E-state index contributed by atoms with van der Waals surface area (Å²) in [5.41, 5.74) is 0.408. The first-order valence-electron chi connectivity index (χ1n) is 8.87. The lowest BCUT2D eigenvalue weighted by atomic mass is 9.79. The molecule has 1 saturated heterocycles. The van der Waals surface area contributed by atoms with E-state index in [9.17, 15) is 9.18 Å². The van der Waals surface area contributed by atoms with Crippen molar-refractivity contribution < 1.29 is 13.9 Å². The van der Waals surface area contributed by atoms with E-state index in [1.165, 1.54) is 17.8 Å². The summed E-state index contributed by atoms with van der Waals surface area (Å²) in [6, 6.07) is 6.72. The number of fused-ring (bicyclic) bond motifs is 1. The molecule has 0 unspecified atom stereocenters. The van der Waals surface area contributed by atoms with Gasteiger partial charge in [-0.15, -0.1) is 0 Å². The number of nitrogens with one attached hydrogen (secondary N) is 1. The van der Waals surface area contributed by atoms with Gasteiger partial charge in [0, 0.05) is 22.8 Å². The number of halogens is 1. The van der Waals surface area contributed by atoms with Crippen molar-refractivity contribution in [3.63, 3.8) is 0 Å². The molecule has 0 bridgehead atoms. The number of hydrogen-bond donors (Lipinski definition) is 1. The van der Waals surface area contributed by atoms with Crippen LogP contribution in [-0.2, 0) is 15.1 Å². The Hall–Kier alpha value is -1.92. The summed E-state index contributed by atoms with van der Waals surface area (Å²) < 4.78 is 20.4. The van der Waals surface area contributed by atoms with Crippen molar-refractivity contribution in [1.29, 1.82) is 0 Å². The highest BCUT2D eigenvalue weighted by molar-refractivity contribution is 8.13. The van der Waals surface area contributed by atoms with Crippen molar-refractivity contribution in [2.24, 2.45) is 10.9 Å². The minimum Gasteiger partial charge on any atom is -0.375 e. The molecule has 0 saturated carbocycles. The van der Waals surface area contributed by atoms with E-state index in [-0.39, 0.29) is 23.7 Å². The predicted molar refractivity (Wildman–Crippen MR) is 101 cm³/mol. The average molecular weight is 372 g/mol. The number of aliphatic imine (C=N–C) groups is 1. The molecule has 3 atom stereocenters. The van der Waals surface area contributed by atoms with Crippen LogP contribution in [0.3, 0.4) is 0 Å². The molecule has 1 aliphatic carbocycles. The van der Waals surface area contributed by atoms with Crippen LogP contribution < -0.4 is 5.32 Å². The fraction of sp³-hybridized carbons (Fsp3) is 0.400. The summed E-state index contributed by atoms with van der Waals surface area (Å²) in [5, 5.41) is 3.44. The molecule has 1 aromatic rings. The molecule has 2 aliphatic heterocycles. The van der Waals surface area contributed by atoms with Gasteiger partial charge in [-0.05, 0) is 25.8 Å². The zero-order chi connectivity index (χ0) is 18.1. The smallest absolute Gasteiger partial charge is 0.256 e. The van der Waals surface area contributed by atoms with Gasteiger partial charge in [-0.1, -0.05) is 48.2 Å². The van der Waals surface area contributed by atoms with E-state index in [1.54, 1.807) is 12.1 Å². The van der Waals surface area contributed by atoms with Crippen molar-refractivity contribution in [3.8, 4) is 0 Å². The molecule has 1 fully saturated rings. The third kappa shape index (κ3) is 3.01. The Morgan fingerprint density at radius 2 is 2.23 bits per heavy atom. The lowest BCUT2D eigenvalue weighted by Gasteiger charge is -2.36. The van der Waals surface area contributed by atoms with Gasteiger partial charge in [0.25, 0.3) is 5.91 Å². The standard InChI is InChI=1S/C20H21FN2O2S/c1-13-16-11-26-19(22-18(24)14-7-3-2-4-8-14)23-20(16,12-25-13)15-9-5-6-10-17(15)21/h3,5-10,13,16H,2,4,11-12H2,1H3,(H,22,23,24)/t13-,16-,20-/m1/s1. The number of amidine groups is 1. The maximum absolute atomic E-state index is 14.6. The maximum atomic E-state index is 14.6. The van der Waals surface area contributed by atoms with Crippen LogP contribution in [0.2, 0.25) is 0 Å². The largest absolute Gasteiger partial charge is 0.375 e. The normalized spacial score (nSPS) is 30.4. The Morgan fingerprint density at radius 1 is 1.38 bits per heavy atom. The van der Waals surface area contributed by atoms with Crippen LogP contribution in [0.5, 0.6) is 0 Å². The number of hydrogen-bond acceptors (Lipinski definition) is 4. The molecule has 0 aromatic heterocycles. The molecule has 1 N–H and O–H groups in total. The van der Waals surface area contributed by atoms with Gasteiger partial charge >= 0.3 is 0 Å². The molecular formula is C20H21FN2O2S. The fourth-order valence-corrected chi connectivity index (χ4v) is 5.08. The lowest BCUT2D eigenvalue weighted by molar-refractivity contribution is -0.115. The van der Waals surface area contributed by atoms with Crippen molar-refractivity contribution in [3.05, 3.63) is 59.4 Å². The zero-order valence-electron chi connectivity index (χ0n) is 14.6. The average Bonchev–Trinajstić information content (AvgIpc) is 3.00. The van der Waals surface area contributed by atoms with Gasteiger partial charge in [-0.25, -0.2) is 9.38 Å². The molecule has 1 aromatic carbocycles. The Bertz CT molecular complexity index is 820. The second kappa shape index (κ2) is 7.00. The molecule has 4 rings (SSSR count). The highest BCUT2D eigenvalue weighted by Gasteiger charge is 2.52. The van der Waals surface area contributed by atoms with Crippen molar-refractivity contribution in [1.82, 2.24) is 5.32 Å². The van der Waals surface area contributed by atoms with E-state index in [0.717, 1.165) is 18.6 Å². The Morgan fingerprint density at radius 3 is 3.00 bits per heavy atom. The van der Waals surface area contributed by atoms with E-state index in [2.05, 4.69) is 5.32 Å². The minimum absolute atomic E-state index is 0.00732. The van der Waals surface area contributed by atoms with Crippen LogP contribution in [-0.4, -0.2) is 29.5 Å². The SMILES string of the molecule is C[C@H]1OC[C@]2(c3ccccc3F)N=C(NC(=O)C3=CCCC=C3)SC[C@H]12. The van der Waals surface area contributed by atoms with Gasteiger partial charge in [0.15, 0.2) is 5.17 Å². The van der Waals surface area contributed by atoms with E-state index >= 15 is 0 Å². The van der Waals surface area contributed by atoms with Crippen LogP contribution in [0.15, 0.2) is 53.1 Å². The van der Waals surface area contributed by atoms with Crippen molar-refractivity contribution in [2.75, 3.05) is 12.4 Å². The van der Waals surface area contributed by atoms with E-state index < -0.39 is 5.54 Å². The van der Waals surface area contributed by atoms with Crippen LogP contribution in [0, 0.1) is 11.7 Å².